The molecule has 2 rings (SSSR count). The first-order chi connectivity index (χ1) is 11.6. The number of sulfone groups is 1. The van der Waals surface area contributed by atoms with Crippen LogP contribution in [-0.2, 0) is 21.6 Å². The molecule has 1 atom stereocenters. The Kier molecular flexibility index (Phi) is 5.25. The summed E-state index contributed by atoms with van der Waals surface area (Å²) < 4.78 is 101. The number of hydrogen-bond donors (Lipinski definition) is 1. The number of aliphatic hydroxyl groups is 1. The maximum atomic E-state index is 13.0. The quantitative estimate of drug-likeness (QED) is 0.651. The Balaban J connectivity index is 2.53. The minimum absolute atomic E-state index is 0.225. The third-order valence-corrected chi connectivity index (χ3v) is 7.15. The van der Waals surface area contributed by atoms with E-state index in [0.717, 1.165) is 0 Å². The average molecular weight is 484 g/mol. The highest BCUT2D eigenvalue weighted by Crippen LogP contribution is 2.42. The monoisotopic (exact) mass is 483 g/mol. The largest absolute Gasteiger partial charge is 0.435 e. The summed E-state index contributed by atoms with van der Waals surface area (Å²) in [6, 6.07) is 2.75. The predicted octanol–water partition coefficient (Wildman–Crippen LogP) is 4.53. The summed E-state index contributed by atoms with van der Waals surface area (Å²) in [5.41, 5.74) is -5.54. The Morgan fingerprint density at radius 3 is 2.00 bits per heavy atom. The molecule has 26 heavy (non-hydrogen) atoms. The first-order valence-electron chi connectivity index (χ1n) is 6.46. The van der Waals surface area contributed by atoms with Gasteiger partial charge in [0.25, 0.3) is 0 Å². The molecule has 0 fully saturated rings. The molecule has 0 saturated heterocycles. The first kappa shape index (κ1) is 21.1. The third-order valence-electron chi connectivity index (χ3n) is 3.36. The van der Waals surface area contributed by atoms with E-state index in [0.29, 0.717) is 31.2 Å². The summed E-state index contributed by atoms with van der Waals surface area (Å²) in [7, 11) is -4.69. The van der Waals surface area contributed by atoms with E-state index in [1.807, 2.05) is 0 Å². The molecule has 0 aliphatic rings. The van der Waals surface area contributed by atoms with E-state index in [1.165, 1.54) is 0 Å². The van der Waals surface area contributed by atoms with Crippen molar-refractivity contribution in [3.63, 3.8) is 0 Å². The summed E-state index contributed by atoms with van der Waals surface area (Å²) in [5.74, 6) is 0. The molecule has 13 heteroatoms. The van der Waals surface area contributed by atoms with Gasteiger partial charge in [-0.1, -0.05) is 23.5 Å². The maximum absolute atomic E-state index is 13.0. The normalized spacial score (nSPS) is 15.7. The smallest absolute Gasteiger partial charge is 0.376 e. The molecule has 2 aromatic rings. The molecule has 1 aromatic carbocycles. The van der Waals surface area contributed by atoms with Gasteiger partial charge in [0.15, 0.2) is 19.4 Å². The van der Waals surface area contributed by atoms with Crippen LogP contribution in [0.15, 0.2) is 37.3 Å². The number of benzene rings is 1. The molecule has 0 spiro atoms. The zero-order valence-electron chi connectivity index (χ0n) is 12.5. The van der Waals surface area contributed by atoms with Crippen molar-refractivity contribution in [1.82, 2.24) is 4.98 Å². The van der Waals surface area contributed by atoms with Crippen LogP contribution in [0.1, 0.15) is 18.2 Å². The van der Waals surface area contributed by atoms with E-state index in [2.05, 4.69) is 20.9 Å². The fourth-order valence-corrected chi connectivity index (χ4v) is 5.49. The molecule has 0 aliphatic carbocycles. The molecular weight excluding hydrogens is 476 g/mol. The average Bonchev–Trinajstić information content (AvgIpc) is 2.89. The van der Waals surface area contributed by atoms with E-state index in [4.69, 9.17) is 0 Å². The Bertz CT molecular complexity index is 917. The van der Waals surface area contributed by atoms with Crippen molar-refractivity contribution >= 4 is 37.1 Å². The van der Waals surface area contributed by atoms with Crippen LogP contribution < -0.4 is 0 Å². The van der Waals surface area contributed by atoms with Gasteiger partial charge in [-0.15, -0.1) is 0 Å². The fourth-order valence-electron chi connectivity index (χ4n) is 1.87. The van der Waals surface area contributed by atoms with E-state index < -0.39 is 48.2 Å². The number of rotatable bonds is 3. The van der Waals surface area contributed by atoms with Gasteiger partial charge in [0.2, 0.25) is 9.84 Å². The van der Waals surface area contributed by atoms with Crippen LogP contribution in [0, 0.1) is 0 Å². The van der Waals surface area contributed by atoms with Gasteiger partial charge in [-0.3, -0.25) is 0 Å². The van der Waals surface area contributed by atoms with E-state index in [-0.39, 0.29) is 15.3 Å². The number of hydrogen-bond acceptors (Lipinski definition) is 5. The van der Waals surface area contributed by atoms with Crippen LogP contribution in [-0.4, -0.2) is 24.7 Å². The van der Waals surface area contributed by atoms with Crippen molar-refractivity contribution in [2.75, 3.05) is 0 Å². The molecule has 1 heterocycles. The summed E-state index contributed by atoms with van der Waals surface area (Å²) in [5, 5.41) is 9.55. The SMILES string of the molecule is CC(O)(c1ccc(S(=O)(=O)c2sc(Br)nc2C(F)(F)F)cc1)C(F)(F)F. The van der Waals surface area contributed by atoms with Gasteiger partial charge in [0.05, 0.1) is 4.90 Å². The second-order valence-corrected chi connectivity index (χ2v) is 9.62. The number of thiazole rings is 1. The lowest BCUT2D eigenvalue weighted by Gasteiger charge is -2.26. The summed E-state index contributed by atoms with van der Waals surface area (Å²) in [6.07, 6.45) is -10.1. The highest BCUT2D eigenvalue weighted by Gasteiger charge is 2.51. The van der Waals surface area contributed by atoms with Gasteiger partial charge < -0.3 is 5.11 Å². The van der Waals surface area contributed by atoms with Crippen LogP contribution in [0.4, 0.5) is 26.3 Å². The topological polar surface area (TPSA) is 67.3 Å². The standard InChI is InChI=1S/C13H8BrF6NO3S2/c1-11(22,13(18,19)20)6-2-4-7(5-3-6)26(23,24)9-8(12(15,16)17)21-10(14)25-9/h2-5,22H,1H3. The van der Waals surface area contributed by atoms with Crippen molar-refractivity contribution in [2.24, 2.45) is 0 Å². The summed E-state index contributed by atoms with van der Waals surface area (Å²) >= 11 is 2.91. The van der Waals surface area contributed by atoms with Gasteiger partial charge in [0, 0.05) is 0 Å². The van der Waals surface area contributed by atoms with Crippen LogP contribution in [0.25, 0.3) is 0 Å². The number of nitrogens with zero attached hydrogens (tertiary/aromatic N) is 1. The molecular formula is C13H8BrF6NO3S2. The van der Waals surface area contributed by atoms with Crippen LogP contribution in [0.2, 0.25) is 0 Å². The second-order valence-electron chi connectivity index (χ2n) is 5.20. The van der Waals surface area contributed by atoms with E-state index >= 15 is 0 Å². The second kappa shape index (κ2) is 6.46. The Labute approximate surface area is 155 Å². The van der Waals surface area contributed by atoms with Crippen molar-refractivity contribution in [2.45, 2.75) is 34.0 Å². The van der Waals surface area contributed by atoms with Crippen molar-refractivity contribution in [3.8, 4) is 0 Å². The van der Waals surface area contributed by atoms with Gasteiger partial charge in [0.1, 0.15) is 0 Å². The first-order valence-corrected chi connectivity index (χ1v) is 9.56. The van der Waals surface area contributed by atoms with Gasteiger partial charge >= 0.3 is 12.4 Å². The maximum Gasteiger partial charge on any atom is 0.435 e. The van der Waals surface area contributed by atoms with E-state index in [1.54, 1.807) is 0 Å². The van der Waals surface area contributed by atoms with Gasteiger partial charge in [-0.2, -0.15) is 26.3 Å². The fraction of sp³-hybridized carbons (Fsp3) is 0.308. The number of aromatic nitrogens is 1. The van der Waals surface area contributed by atoms with Crippen LogP contribution in [0.3, 0.4) is 0 Å². The molecule has 0 saturated carbocycles. The number of halogens is 7. The molecule has 1 aromatic heterocycles. The molecule has 144 valence electrons. The third kappa shape index (κ3) is 3.75. The molecule has 0 amide bonds. The molecule has 1 unspecified atom stereocenters. The highest BCUT2D eigenvalue weighted by atomic mass is 79.9. The minimum Gasteiger partial charge on any atom is -0.376 e. The van der Waals surface area contributed by atoms with Crippen molar-refractivity contribution in [1.29, 1.82) is 0 Å². The summed E-state index contributed by atoms with van der Waals surface area (Å²) in [4.78, 5) is 2.44. The lowest BCUT2D eigenvalue weighted by atomic mass is 9.96. The van der Waals surface area contributed by atoms with Crippen molar-refractivity contribution < 1.29 is 39.9 Å². The van der Waals surface area contributed by atoms with E-state index in [9.17, 15) is 39.9 Å². The Hall–Kier alpha value is -1.18. The highest BCUT2D eigenvalue weighted by molar-refractivity contribution is 9.11. The summed E-state index contributed by atoms with van der Waals surface area (Å²) in [6.45, 7) is 0.471. The molecule has 0 bridgehead atoms. The Morgan fingerprint density at radius 2 is 1.58 bits per heavy atom. The van der Waals surface area contributed by atoms with Crippen LogP contribution >= 0.6 is 27.3 Å². The Morgan fingerprint density at radius 1 is 1.08 bits per heavy atom. The molecule has 1 N–H and O–H groups in total. The van der Waals surface area contributed by atoms with Crippen molar-refractivity contribution in [3.05, 3.63) is 39.4 Å². The zero-order valence-corrected chi connectivity index (χ0v) is 15.7. The molecule has 4 nitrogen and oxygen atoms in total. The molecule has 0 aliphatic heterocycles. The minimum atomic E-state index is -5.04. The lowest BCUT2D eigenvalue weighted by molar-refractivity contribution is -0.258. The van der Waals surface area contributed by atoms with Gasteiger partial charge in [-0.25, -0.2) is 13.4 Å². The van der Waals surface area contributed by atoms with Gasteiger partial charge in [-0.05, 0) is 40.5 Å². The number of alkyl halides is 6. The zero-order chi connectivity index (χ0) is 20.1. The lowest BCUT2D eigenvalue weighted by Crippen LogP contribution is -2.39. The van der Waals surface area contributed by atoms with Crippen LogP contribution in [0.5, 0.6) is 0 Å². The molecule has 0 radical (unpaired) electrons. The predicted molar refractivity (Wildman–Crippen MR) is 82.3 cm³/mol.